The molecule has 2 rings (SSSR count). The zero-order valence-electron chi connectivity index (χ0n) is 9.47. The predicted octanol–water partition coefficient (Wildman–Crippen LogP) is 3.71. The number of hydrogen-bond acceptors (Lipinski definition) is 2. The molecule has 1 N–H and O–H groups in total. The summed E-state index contributed by atoms with van der Waals surface area (Å²) in [7, 11) is 0. The van der Waals surface area contributed by atoms with Gasteiger partial charge in [-0.05, 0) is 41.8 Å². The van der Waals surface area contributed by atoms with Crippen LogP contribution in [-0.2, 0) is 4.74 Å². The lowest BCUT2D eigenvalue weighted by atomic mass is 10.0. The number of nitrogens with one attached hydrogen (secondary N) is 1. The van der Waals surface area contributed by atoms with Gasteiger partial charge in [0.05, 0.1) is 16.3 Å². The molecule has 94 valence electrons. The van der Waals surface area contributed by atoms with Crippen LogP contribution in [-0.4, -0.2) is 18.8 Å². The lowest BCUT2D eigenvalue weighted by Crippen LogP contribution is -2.32. The molecule has 2 unspecified atom stereocenters. The van der Waals surface area contributed by atoms with Gasteiger partial charge in [0.2, 0.25) is 0 Å². The largest absolute Gasteiger partial charge is 0.380 e. The van der Waals surface area contributed by atoms with E-state index in [-0.39, 0.29) is 22.3 Å². The summed E-state index contributed by atoms with van der Waals surface area (Å²) in [6.07, 6.45) is 1.77. The average molecular weight is 306 g/mol. The highest BCUT2D eigenvalue weighted by Gasteiger charge is 2.20. The van der Waals surface area contributed by atoms with E-state index in [4.69, 9.17) is 4.74 Å². The number of hydrogen-bond donors (Lipinski definition) is 1. The van der Waals surface area contributed by atoms with E-state index < -0.39 is 11.6 Å². The van der Waals surface area contributed by atoms with Gasteiger partial charge >= 0.3 is 0 Å². The molecule has 1 aliphatic heterocycles. The van der Waals surface area contributed by atoms with E-state index in [9.17, 15) is 8.78 Å². The summed E-state index contributed by atoms with van der Waals surface area (Å²) >= 11 is 2.95. The topological polar surface area (TPSA) is 21.3 Å². The first-order valence-electron chi connectivity index (χ1n) is 5.59. The van der Waals surface area contributed by atoms with E-state index in [1.54, 1.807) is 0 Å². The maximum absolute atomic E-state index is 13.6. The fraction of sp³-hybridized carbons (Fsp3) is 0.500. The SMILES string of the molecule is CC1CC(Nc2cc(F)c(Br)cc2F)CCO1. The molecule has 0 aromatic heterocycles. The molecule has 0 saturated carbocycles. The molecule has 0 bridgehead atoms. The van der Waals surface area contributed by atoms with E-state index >= 15 is 0 Å². The van der Waals surface area contributed by atoms with Crippen LogP contribution in [0.25, 0.3) is 0 Å². The second kappa shape index (κ2) is 5.31. The number of halogens is 3. The second-order valence-electron chi connectivity index (χ2n) is 4.29. The van der Waals surface area contributed by atoms with Crippen molar-refractivity contribution in [1.29, 1.82) is 0 Å². The number of benzene rings is 1. The van der Waals surface area contributed by atoms with Crippen LogP contribution in [0.4, 0.5) is 14.5 Å². The highest BCUT2D eigenvalue weighted by Crippen LogP contribution is 2.26. The molecular weight excluding hydrogens is 292 g/mol. The van der Waals surface area contributed by atoms with Crippen LogP contribution in [0.5, 0.6) is 0 Å². The van der Waals surface area contributed by atoms with E-state index in [0.29, 0.717) is 6.61 Å². The molecule has 0 aliphatic carbocycles. The normalized spacial score (nSPS) is 24.7. The third kappa shape index (κ3) is 3.16. The summed E-state index contributed by atoms with van der Waals surface area (Å²) < 4.78 is 32.4. The first kappa shape index (κ1) is 12.8. The number of anilines is 1. The molecular formula is C12H14BrF2NO. The Morgan fingerprint density at radius 2 is 2.12 bits per heavy atom. The van der Waals surface area contributed by atoms with Gasteiger partial charge in [-0.15, -0.1) is 0 Å². The van der Waals surface area contributed by atoms with Gasteiger partial charge in [0.25, 0.3) is 0 Å². The van der Waals surface area contributed by atoms with Gasteiger partial charge in [-0.2, -0.15) is 0 Å². The molecule has 2 atom stereocenters. The van der Waals surface area contributed by atoms with Crippen LogP contribution in [0.15, 0.2) is 16.6 Å². The van der Waals surface area contributed by atoms with Crippen LogP contribution in [0, 0.1) is 11.6 Å². The van der Waals surface area contributed by atoms with Crippen LogP contribution in [0.3, 0.4) is 0 Å². The minimum atomic E-state index is -0.464. The third-order valence-electron chi connectivity index (χ3n) is 2.85. The van der Waals surface area contributed by atoms with Gasteiger partial charge in [-0.3, -0.25) is 0 Å². The van der Waals surface area contributed by atoms with Gasteiger partial charge < -0.3 is 10.1 Å². The van der Waals surface area contributed by atoms with Crippen LogP contribution in [0.2, 0.25) is 0 Å². The highest BCUT2D eigenvalue weighted by molar-refractivity contribution is 9.10. The van der Waals surface area contributed by atoms with Crippen molar-refractivity contribution in [2.24, 2.45) is 0 Å². The summed E-state index contributed by atoms with van der Waals surface area (Å²) in [4.78, 5) is 0. The molecule has 0 radical (unpaired) electrons. The van der Waals surface area contributed by atoms with Crippen LogP contribution in [0.1, 0.15) is 19.8 Å². The quantitative estimate of drug-likeness (QED) is 0.841. The number of ether oxygens (including phenoxy) is 1. The predicted molar refractivity (Wildman–Crippen MR) is 66.1 cm³/mol. The number of rotatable bonds is 2. The highest BCUT2D eigenvalue weighted by atomic mass is 79.9. The minimum Gasteiger partial charge on any atom is -0.380 e. The standard InChI is InChI=1S/C12H14BrF2NO/c1-7-4-8(2-3-17-7)16-12-6-10(14)9(13)5-11(12)15/h5-8,16H,2-4H2,1H3. The Balaban J connectivity index is 2.10. The Labute approximate surface area is 107 Å². The first-order chi connectivity index (χ1) is 8.06. The molecule has 0 spiro atoms. The fourth-order valence-electron chi connectivity index (χ4n) is 1.98. The molecule has 17 heavy (non-hydrogen) atoms. The molecule has 1 aliphatic rings. The third-order valence-corrected chi connectivity index (χ3v) is 3.46. The Kier molecular flexibility index (Phi) is 3.99. The van der Waals surface area contributed by atoms with Crippen molar-refractivity contribution in [2.45, 2.75) is 31.9 Å². The molecule has 1 aromatic rings. The summed E-state index contributed by atoms with van der Waals surface area (Å²) in [6.45, 7) is 2.63. The first-order valence-corrected chi connectivity index (χ1v) is 6.38. The summed E-state index contributed by atoms with van der Waals surface area (Å²) in [6, 6.07) is 2.45. The maximum Gasteiger partial charge on any atom is 0.147 e. The van der Waals surface area contributed by atoms with Crippen LogP contribution < -0.4 is 5.32 Å². The minimum absolute atomic E-state index is 0.133. The van der Waals surface area contributed by atoms with Crippen molar-refractivity contribution >= 4 is 21.6 Å². The zero-order valence-corrected chi connectivity index (χ0v) is 11.1. The van der Waals surface area contributed by atoms with Crippen molar-refractivity contribution in [3.05, 3.63) is 28.2 Å². The Hall–Kier alpha value is -0.680. The molecule has 5 heteroatoms. The Bertz CT molecular complexity index is 414. The van der Waals surface area contributed by atoms with Crippen molar-refractivity contribution in [3.63, 3.8) is 0 Å². The molecule has 1 heterocycles. The Morgan fingerprint density at radius 3 is 2.82 bits per heavy atom. The van der Waals surface area contributed by atoms with Gasteiger partial charge in [0.15, 0.2) is 0 Å². The van der Waals surface area contributed by atoms with E-state index in [0.717, 1.165) is 18.9 Å². The van der Waals surface area contributed by atoms with Crippen molar-refractivity contribution in [1.82, 2.24) is 0 Å². The summed E-state index contributed by atoms with van der Waals surface area (Å²) in [5.74, 6) is -0.911. The lowest BCUT2D eigenvalue weighted by Gasteiger charge is -2.28. The van der Waals surface area contributed by atoms with Gasteiger partial charge in [-0.25, -0.2) is 8.78 Å². The van der Waals surface area contributed by atoms with E-state index in [1.165, 1.54) is 6.07 Å². The molecule has 2 nitrogen and oxygen atoms in total. The van der Waals surface area contributed by atoms with Crippen molar-refractivity contribution in [3.8, 4) is 0 Å². The molecule has 1 aromatic carbocycles. The molecule has 0 amide bonds. The van der Waals surface area contributed by atoms with Crippen molar-refractivity contribution < 1.29 is 13.5 Å². The van der Waals surface area contributed by atoms with Gasteiger partial charge in [0, 0.05) is 18.7 Å². The molecule has 1 saturated heterocycles. The maximum atomic E-state index is 13.6. The smallest absolute Gasteiger partial charge is 0.147 e. The monoisotopic (exact) mass is 305 g/mol. The van der Waals surface area contributed by atoms with Gasteiger partial charge in [-0.1, -0.05) is 0 Å². The Morgan fingerprint density at radius 1 is 1.35 bits per heavy atom. The fourth-order valence-corrected chi connectivity index (χ4v) is 2.30. The summed E-state index contributed by atoms with van der Waals surface area (Å²) in [5, 5.41) is 3.03. The van der Waals surface area contributed by atoms with Crippen molar-refractivity contribution in [2.75, 3.05) is 11.9 Å². The van der Waals surface area contributed by atoms with Crippen LogP contribution >= 0.6 is 15.9 Å². The van der Waals surface area contributed by atoms with E-state index in [2.05, 4.69) is 21.2 Å². The van der Waals surface area contributed by atoms with Gasteiger partial charge in [0.1, 0.15) is 11.6 Å². The molecule has 1 fully saturated rings. The van der Waals surface area contributed by atoms with E-state index in [1.807, 2.05) is 6.92 Å². The summed E-state index contributed by atoms with van der Waals surface area (Å²) in [5.41, 5.74) is 0.213. The second-order valence-corrected chi connectivity index (χ2v) is 5.15. The lowest BCUT2D eigenvalue weighted by molar-refractivity contribution is 0.0232. The average Bonchev–Trinajstić information content (AvgIpc) is 2.26. The zero-order chi connectivity index (χ0) is 12.4.